The molecule has 0 aliphatic heterocycles. The number of alkyl halides is 6. The fraction of sp³-hybridized carbons (Fsp3) is 0.214. The number of aromatic nitrogens is 4. The Morgan fingerprint density at radius 1 is 0.962 bits per heavy atom. The SMILES string of the molecule is Cc1cc(Oc2ccc(F)c(C(F)(F)F)c2)n2nc(C(F)(F)F)nc2n1. The molecule has 2 aromatic heterocycles. The molecular weight excluding hydrogens is 373 g/mol. The summed E-state index contributed by atoms with van der Waals surface area (Å²) in [5.41, 5.74) is -1.39. The Bertz CT molecular complexity index is 978. The van der Waals surface area contributed by atoms with Crippen molar-refractivity contribution in [2.45, 2.75) is 19.3 Å². The van der Waals surface area contributed by atoms with Gasteiger partial charge in [-0.2, -0.15) is 35.8 Å². The number of fused-ring (bicyclic) bond motifs is 1. The van der Waals surface area contributed by atoms with Gasteiger partial charge in [0.25, 0.3) is 11.6 Å². The summed E-state index contributed by atoms with van der Waals surface area (Å²) in [5.74, 6) is -4.27. The lowest BCUT2D eigenvalue weighted by Gasteiger charge is -2.11. The maximum Gasteiger partial charge on any atom is 0.453 e. The monoisotopic (exact) mass is 380 g/mol. The van der Waals surface area contributed by atoms with E-state index in [9.17, 15) is 30.7 Å². The van der Waals surface area contributed by atoms with Crippen LogP contribution in [0.5, 0.6) is 11.6 Å². The Balaban J connectivity index is 2.08. The largest absolute Gasteiger partial charge is 0.453 e. The highest BCUT2D eigenvalue weighted by molar-refractivity contribution is 5.38. The Morgan fingerprint density at radius 2 is 1.65 bits per heavy atom. The fourth-order valence-corrected chi connectivity index (χ4v) is 2.05. The van der Waals surface area contributed by atoms with Gasteiger partial charge in [0.1, 0.15) is 11.6 Å². The van der Waals surface area contributed by atoms with Crippen molar-refractivity contribution in [3.05, 3.63) is 47.2 Å². The third-order valence-corrected chi connectivity index (χ3v) is 3.13. The molecule has 2 heterocycles. The number of hydrogen-bond donors (Lipinski definition) is 0. The average molecular weight is 380 g/mol. The van der Waals surface area contributed by atoms with Gasteiger partial charge in [0.05, 0.1) is 5.56 Å². The molecule has 0 saturated carbocycles. The second-order valence-electron chi connectivity index (χ2n) is 5.12. The molecule has 26 heavy (non-hydrogen) atoms. The van der Waals surface area contributed by atoms with Gasteiger partial charge in [-0.1, -0.05) is 0 Å². The number of halogens is 7. The van der Waals surface area contributed by atoms with Crippen molar-refractivity contribution in [2.24, 2.45) is 0 Å². The summed E-state index contributed by atoms with van der Waals surface area (Å²) in [7, 11) is 0. The predicted molar refractivity (Wildman–Crippen MR) is 72.0 cm³/mol. The van der Waals surface area contributed by atoms with Gasteiger partial charge in [-0.15, -0.1) is 5.10 Å². The molecule has 0 unspecified atom stereocenters. The van der Waals surface area contributed by atoms with Crippen LogP contribution in [0.2, 0.25) is 0 Å². The summed E-state index contributed by atoms with van der Waals surface area (Å²) in [4.78, 5) is 6.97. The minimum Gasteiger partial charge on any atom is -0.439 e. The Hall–Kier alpha value is -2.92. The molecule has 3 aromatic rings. The van der Waals surface area contributed by atoms with E-state index in [1.165, 1.54) is 6.92 Å². The zero-order valence-corrected chi connectivity index (χ0v) is 12.7. The lowest BCUT2D eigenvalue weighted by atomic mass is 10.2. The minimum absolute atomic E-state index is 0.187. The number of rotatable bonds is 2. The van der Waals surface area contributed by atoms with Gasteiger partial charge in [-0.05, 0) is 25.1 Å². The zero-order valence-electron chi connectivity index (χ0n) is 12.7. The van der Waals surface area contributed by atoms with E-state index in [1.54, 1.807) is 0 Å². The van der Waals surface area contributed by atoms with Crippen molar-refractivity contribution in [3.8, 4) is 11.6 Å². The van der Waals surface area contributed by atoms with Crippen LogP contribution in [0.4, 0.5) is 30.7 Å². The molecule has 3 rings (SSSR count). The van der Waals surface area contributed by atoms with Crippen molar-refractivity contribution in [1.82, 2.24) is 19.6 Å². The molecule has 0 N–H and O–H groups in total. The van der Waals surface area contributed by atoms with Gasteiger partial charge in [0.15, 0.2) is 0 Å². The van der Waals surface area contributed by atoms with Crippen LogP contribution in [0.3, 0.4) is 0 Å². The molecule has 0 aliphatic carbocycles. The second-order valence-corrected chi connectivity index (χ2v) is 5.12. The van der Waals surface area contributed by atoms with E-state index < -0.39 is 41.1 Å². The van der Waals surface area contributed by atoms with Crippen LogP contribution in [0.15, 0.2) is 24.3 Å². The van der Waals surface area contributed by atoms with E-state index in [2.05, 4.69) is 15.1 Å². The third kappa shape index (κ3) is 3.39. The first-order valence-electron chi connectivity index (χ1n) is 6.81. The van der Waals surface area contributed by atoms with Crippen molar-refractivity contribution in [1.29, 1.82) is 0 Å². The summed E-state index contributed by atoms with van der Waals surface area (Å²) in [6, 6.07) is 2.97. The van der Waals surface area contributed by atoms with Gasteiger partial charge in [0, 0.05) is 11.8 Å². The molecule has 0 bridgehead atoms. The second kappa shape index (κ2) is 5.81. The molecule has 0 radical (unpaired) electrons. The maximum atomic E-state index is 13.3. The number of ether oxygens (including phenoxy) is 1. The number of aryl methyl sites for hydroxylation is 1. The molecule has 0 aliphatic rings. The van der Waals surface area contributed by atoms with E-state index in [-0.39, 0.29) is 11.6 Å². The molecule has 5 nitrogen and oxygen atoms in total. The molecule has 0 amide bonds. The van der Waals surface area contributed by atoms with E-state index >= 15 is 0 Å². The van der Waals surface area contributed by atoms with Gasteiger partial charge in [-0.25, -0.2) is 9.37 Å². The standard InChI is InChI=1S/C14H7F7N4O/c1-6-4-10(25-12(22-6)23-11(24-25)14(19,20)21)26-7-2-3-9(15)8(5-7)13(16,17)18/h2-5H,1H3. The highest BCUT2D eigenvalue weighted by Crippen LogP contribution is 2.35. The highest BCUT2D eigenvalue weighted by Gasteiger charge is 2.37. The van der Waals surface area contributed by atoms with Crippen molar-refractivity contribution < 1.29 is 35.5 Å². The van der Waals surface area contributed by atoms with Crippen molar-refractivity contribution in [2.75, 3.05) is 0 Å². The molecule has 12 heteroatoms. The number of benzene rings is 1. The van der Waals surface area contributed by atoms with Gasteiger partial charge < -0.3 is 4.74 Å². The van der Waals surface area contributed by atoms with Crippen LogP contribution in [0.1, 0.15) is 17.1 Å². The van der Waals surface area contributed by atoms with Gasteiger partial charge in [0.2, 0.25) is 5.88 Å². The summed E-state index contributed by atoms with van der Waals surface area (Å²) in [5, 5.41) is 3.21. The predicted octanol–water partition coefficient (Wildman–Crippen LogP) is 4.40. The lowest BCUT2D eigenvalue weighted by Crippen LogP contribution is -2.09. The maximum absolute atomic E-state index is 13.3. The quantitative estimate of drug-likeness (QED) is 0.619. The molecule has 0 saturated heterocycles. The van der Waals surface area contributed by atoms with Crippen LogP contribution in [-0.2, 0) is 12.4 Å². The number of nitrogens with zero attached hydrogens (tertiary/aromatic N) is 4. The van der Waals surface area contributed by atoms with E-state index in [1.807, 2.05) is 0 Å². The number of hydrogen-bond acceptors (Lipinski definition) is 4. The Morgan fingerprint density at radius 3 is 2.27 bits per heavy atom. The van der Waals surface area contributed by atoms with Crippen molar-refractivity contribution in [3.63, 3.8) is 0 Å². The first kappa shape index (κ1) is 17.9. The van der Waals surface area contributed by atoms with Gasteiger partial charge in [-0.3, -0.25) is 0 Å². The molecule has 0 spiro atoms. The molecule has 0 fully saturated rings. The van der Waals surface area contributed by atoms with Crippen LogP contribution in [0, 0.1) is 12.7 Å². The van der Waals surface area contributed by atoms with Crippen molar-refractivity contribution >= 4 is 5.78 Å². The normalized spacial score (nSPS) is 12.6. The average Bonchev–Trinajstić information content (AvgIpc) is 2.92. The molecule has 138 valence electrons. The Labute approximate surface area is 140 Å². The molecule has 0 atom stereocenters. The van der Waals surface area contributed by atoms with Crippen LogP contribution in [-0.4, -0.2) is 19.6 Å². The highest BCUT2D eigenvalue weighted by atomic mass is 19.4. The van der Waals surface area contributed by atoms with E-state index in [0.717, 1.165) is 12.1 Å². The molecular formula is C14H7F7N4O. The van der Waals surface area contributed by atoms with E-state index in [4.69, 9.17) is 4.74 Å². The topological polar surface area (TPSA) is 52.3 Å². The van der Waals surface area contributed by atoms with E-state index in [0.29, 0.717) is 16.6 Å². The first-order chi connectivity index (χ1) is 11.9. The lowest BCUT2D eigenvalue weighted by molar-refractivity contribution is -0.144. The van der Waals surface area contributed by atoms with Gasteiger partial charge >= 0.3 is 12.4 Å². The van der Waals surface area contributed by atoms with Crippen LogP contribution < -0.4 is 4.74 Å². The Kier molecular flexibility index (Phi) is 4.00. The fourth-order valence-electron chi connectivity index (χ4n) is 2.05. The zero-order chi connectivity index (χ0) is 19.3. The first-order valence-corrected chi connectivity index (χ1v) is 6.81. The third-order valence-electron chi connectivity index (χ3n) is 3.13. The summed E-state index contributed by atoms with van der Waals surface area (Å²) in [6.45, 7) is 1.42. The van der Waals surface area contributed by atoms with Crippen LogP contribution >= 0.6 is 0 Å². The van der Waals surface area contributed by atoms with Crippen LogP contribution in [0.25, 0.3) is 5.78 Å². The molecule has 1 aromatic carbocycles. The summed E-state index contributed by atoms with van der Waals surface area (Å²) < 4.78 is 95.6. The minimum atomic E-state index is -4.97. The summed E-state index contributed by atoms with van der Waals surface area (Å²) >= 11 is 0. The summed E-state index contributed by atoms with van der Waals surface area (Å²) in [6.07, 6.45) is -9.82. The smallest absolute Gasteiger partial charge is 0.439 e.